The molecule has 0 radical (unpaired) electrons. The van der Waals surface area contributed by atoms with Crippen molar-refractivity contribution in [3.05, 3.63) is 34.1 Å². The zero-order chi connectivity index (χ0) is 15.3. The minimum absolute atomic E-state index is 0.0101. The number of nitrogens with one attached hydrogen (secondary N) is 1. The average molecular weight is 345 g/mol. The van der Waals surface area contributed by atoms with E-state index in [4.69, 9.17) is 0 Å². The molecule has 0 saturated carbocycles. The maximum atomic E-state index is 13.9. The normalized spacial score (nSPS) is 12.8. The molecular weight excluding hydrogens is 323 g/mol. The highest BCUT2D eigenvalue weighted by Gasteiger charge is 2.19. The van der Waals surface area contributed by atoms with Gasteiger partial charge in [0.2, 0.25) is 0 Å². The fourth-order valence-corrected chi connectivity index (χ4v) is 2.50. The van der Waals surface area contributed by atoms with E-state index in [0.717, 1.165) is 13.0 Å². The van der Waals surface area contributed by atoms with Gasteiger partial charge in [-0.1, -0.05) is 19.9 Å². The molecule has 0 aliphatic heterocycles. The molecule has 0 bridgehead atoms. The van der Waals surface area contributed by atoms with E-state index >= 15 is 0 Å². The maximum absolute atomic E-state index is 13.9. The van der Waals surface area contributed by atoms with Gasteiger partial charge >= 0.3 is 0 Å². The summed E-state index contributed by atoms with van der Waals surface area (Å²) in [5, 5.41) is 2.92. The summed E-state index contributed by atoms with van der Waals surface area (Å²) in [4.78, 5) is 14.2. The van der Waals surface area contributed by atoms with Crippen molar-refractivity contribution in [1.29, 1.82) is 0 Å². The van der Waals surface area contributed by atoms with E-state index in [2.05, 4.69) is 35.1 Å². The Balaban J connectivity index is 2.81. The molecule has 1 aromatic carbocycles. The van der Waals surface area contributed by atoms with E-state index in [1.54, 1.807) is 12.1 Å². The second-order valence-electron chi connectivity index (χ2n) is 5.66. The first-order valence-corrected chi connectivity index (χ1v) is 7.50. The number of hydrogen-bond donors (Lipinski definition) is 1. The first-order chi connectivity index (χ1) is 9.31. The standard InChI is InChI=1S/C15H22BrFN2O/c1-10(2)8-11(9-19(3)4)18-15(20)12-6-5-7-13(16)14(12)17/h5-7,10-11H,8-9H2,1-4H3,(H,18,20). The Morgan fingerprint density at radius 3 is 2.60 bits per heavy atom. The van der Waals surface area contributed by atoms with Gasteiger partial charge in [0, 0.05) is 12.6 Å². The number of benzene rings is 1. The van der Waals surface area contributed by atoms with Crippen molar-refractivity contribution in [2.45, 2.75) is 26.3 Å². The molecule has 1 rings (SSSR count). The lowest BCUT2D eigenvalue weighted by molar-refractivity contribution is 0.0920. The number of rotatable bonds is 6. The summed E-state index contributed by atoms with van der Waals surface area (Å²) in [6, 6.07) is 4.75. The molecule has 1 aromatic rings. The largest absolute Gasteiger partial charge is 0.348 e. The third-order valence-electron chi connectivity index (χ3n) is 2.87. The zero-order valence-corrected chi connectivity index (χ0v) is 14.0. The first kappa shape index (κ1) is 17.1. The molecule has 0 saturated heterocycles. The second-order valence-corrected chi connectivity index (χ2v) is 6.52. The van der Waals surface area contributed by atoms with Gasteiger partial charge in [-0.05, 0) is 54.5 Å². The fourth-order valence-electron chi connectivity index (χ4n) is 2.13. The smallest absolute Gasteiger partial charge is 0.254 e. The molecule has 0 aliphatic carbocycles. The van der Waals surface area contributed by atoms with Crippen molar-refractivity contribution in [1.82, 2.24) is 10.2 Å². The Bertz CT molecular complexity index is 453. The van der Waals surface area contributed by atoms with E-state index in [0.29, 0.717) is 10.4 Å². The van der Waals surface area contributed by atoms with Crippen LogP contribution in [0.2, 0.25) is 0 Å². The van der Waals surface area contributed by atoms with Gasteiger partial charge in [0.15, 0.2) is 0 Å². The van der Waals surface area contributed by atoms with E-state index in [9.17, 15) is 9.18 Å². The van der Waals surface area contributed by atoms with Crippen LogP contribution in [0.3, 0.4) is 0 Å². The van der Waals surface area contributed by atoms with Crippen LogP contribution in [0, 0.1) is 11.7 Å². The van der Waals surface area contributed by atoms with E-state index in [1.807, 2.05) is 19.0 Å². The van der Waals surface area contributed by atoms with Crippen LogP contribution >= 0.6 is 15.9 Å². The van der Waals surface area contributed by atoms with Crippen LogP contribution in [-0.4, -0.2) is 37.5 Å². The quantitative estimate of drug-likeness (QED) is 0.858. The van der Waals surface area contributed by atoms with Crippen LogP contribution in [0.25, 0.3) is 0 Å². The molecule has 1 N–H and O–H groups in total. The van der Waals surface area contributed by atoms with Crippen LogP contribution < -0.4 is 5.32 Å². The summed E-state index contributed by atoms with van der Waals surface area (Å²) in [6.07, 6.45) is 0.861. The molecule has 1 unspecified atom stereocenters. The summed E-state index contributed by atoms with van der Waals surface area (Å²) in [5.74, 6) is -0.415. The number of halogens is 2. The monoisotopic (exact) mass is 344 g/mol. The van der Waals surface area contributed by atoms with Crippen molar-refractivity contribution in [3.8, 4) is 0 Å². The van der Waals surface area contributed by atoms with Gasteiger partial charge in [0.25, 0.3) is 5.91 Å². The van der Waals surface area contributed by atoms with Crippen molar-refractivity contribution in [3.63, 3.8) is 0 Å². The third kappa shape index (κ3) is 5.21. The minimum atomic E-state index is -0.516. The van der Waals surface area contributed by atoms with E-state index in [1.165, 1.54) is 6.07 Å². The van der Waals surface area contributed by atoms with Gasteiger partial charge in [-0.2, -0.15) is 0 Å². The molecule has 5 heteroatoms. The second kappa shape index (κ2) is 7.74. The van der Waals surface area contributed by atoms with E-state index < -0.39 is 5.82 Å². The highest BCUT2D eigenvalue weighted by atomic mass is 79.9. The lowest BCUT2D eigenvalue weighted by Gasteiger charge is -2.24. The zero-order valence-electron chi connectivity index (χ0n) is 12.4. The maximum Gasteiger partial charge on any atom is 0.254 e. The Labute approximate surface area is 128 Å². The molecule has 112 valence electrons. The van der Waals surface area contributed by atoms with Crippen molar-refractivity contribution in [2.75, 3.05) is 20.6 Å². The molecule has 0 heterocycles. The minimum Gasteiger partial charge on any atom is -0.348 e. The molecule has 0 aliphatic rings. The lowest BCUT2D eigenvalue weighted by Crippen LogP contribution is -2.42. The van der Waals surface area contributed by atoms with Gasteiger partial charge < -0.3 is 10.2 Å². The highest BCUT2D eigenvalue weighted by molar-refractivity contribution is 9.10. The van der Waals surface area contributed by atoms with Crippen molar-refractivity contribution >= 4 is 21.8 Å². The van der Waals surface area contributed by atoms with Gasteiger partial charge in [-0.15, -0.1) is 0 Å². The molecule has 1 atom stereocenters. The van der Waals surface area contributed by atoms with Crippen LogP contribution in [0.4, 0.5) is 4.39 Å². The van der Waals surface area contributed by atoms with Crippen LogP contribution in [0.15, 0.2) is 22.7 Å². The number of hydrogen-bond acceptors (Lipinski definition) is 2. The van der Waals surface area contributed by atoms with Crippen LogP contribution in [0.5, 0.6) is 0 Å². The summed E-state index contributed by atoms with van der Waals surface area (Å²) < 4.78 is 14.2. The summed E-state index contributed by atoms with van der Waals surface area (Å²) in [7, 11) is 3.92. The number of carbonyl (C=O) groups is 1. The number of amides is 1. The SMILES string of the molecule is CC(C)CC(CN(C)C)NC(=O)c1cccc(Br)c1F. The molecule has 20 heavy (non-hydrogen) atoms. The first-order valence-electron chi connectivity index (χ1n) is 6.70. The molecule has 0 spiro atoms. The third-order valence-corrected chi connectivity index (χ3v) is 3.49. The summed E-state index contributed by atoms with van der Waals surface area (Å²) in [5.41, 5.74) is 0.0758. The predicted molar refractivity (Wildman–Crippen MR) is 83.4 cm³/mol. The molecule has 0 aromatic heterocycles. The highest BCUT2D eigenvalue weighted by Crippen LogP contribution is 2.18. The Kier molecular flexibility index (Phi) is 6.62. The number of likely N-dealkylation sites (N-methyl/N-ethyl adjacent to an activating group) is 1. The fraction of sp³-hybridized carbons (Fsp3) is 0.533. The lowest BCUT2D eigenvalue weighted by atomic mass is 10.0. The number of carbonyl (C=O) groups excluding carboxylic acids is 1. The van der Waals surface area contributed by atoms with Crippen molar-refractivity contribution < 1.29 is 9.18 Å². The Hall–Kier alpha value is -0.940. The van der Waals surface area contributed by atoms with Crippen LogP contribution in [0.1, 0.15) is 30.6 Å². The number of nitrogens with zero attached hydrogens (tertiary/aromatic N) is 1. The topological polar surface area (TPSA) is 32.3 Å². The molecular formula is C15H22BrFN2O. The summed E-state index contributed by atoms with van der Waals surface area (Å²) >= 11 is 3.10. The van der Waals surface area contributed by atoms with Gasteiger partial charge in [0.05, 0.1) is 10.0 Å². The molecule has 3 nitrogen and oxygen atoms in total. The molecule has 1 amide bonds. The predicted octanol–water partition coefficient (Wildman–Crippen LogP) is 3.29. The average Bonchev–Trinajstić information content (AvgIpc) is 2.30. The van der Waals surface area contributed by atoms with Crippen LogP contribution in [-0.2, 0) is 0 Å². The van der Waals surface area contributed by atoms with E-state index in [-0.39, 0.29) is 17.5 Å². The summed E-state index contributed by atoms with van der Waals surface area (Å²) in [6.45, 7) is 4.95. The van der Waals surface area contributed by atoms with Gasteiger partial charge in [-0.3, -0.25) is 4.79 Å². The Morgan fingerprint density at radius 1 is 1.40 bits per heavy atom. The Morgan fingerprint density at radius 2 is 2.05 bits per heavy atom. The molecule has 0 fully saturated rings. The van der Waals surface area contributed by atoms with Gasteiger partial charge in [-0.25, -0.2) is 4.39 Å². The van der Waals surface area contributed by atoms with Gasteiger partial charge in [0.1, 0.15) is 5.82 Å². The van der Waals surface area contributed by atoms with Crippen molar-refractivity contribution in [2.24, 2.45) is 5.92 Å².